The highest BCUT2D eigenvalue weighted by Crippen LogP contribution is 2.37. The van der Waals surface area contributed by atoms with E-state index >= 15 is 0 Å². The van der Waals surface area contributed by atoms with Gasteiger partial charge in [0.25, 0.3) is 0 Å². The lowest BCUT2D eigenvalue weighted by molar-refractivity contribution is -0.143. The fourth-order valence-electron chi connectivity index (χ4n) is 4.47. The number of benzene rings is 2. The third-order valence-electron chi connectivity index (χ3n) is 6.43. The minimum atomic E-state index is -4.97. The molecule has 0 N–H and O–H groups in total. The van der Waals surface area contributed by atoms with Crippen LogP contribution in [0.2, 0.25) is 5.02 Å². The number of halogens is 7. The van der Waals surface area contributed by atoms with E-state index in [2.05, 4.69) is 20.5 Å². The molecule has 2 aromatic carbocycles. The van der Waals surface area contributed by atoms with Gasteiger partial charge in [-0.1, -0.05) is 35.0 Å². The van der Waals surface area contributed by atoms with Crippen molar-refractivity contribution in [2.45, 2.75) is 32.4 Å². The van der Waals surface area contributed by atoms with Crippen LogP contribution in [0.4, 0.5) is 32.2 Å². The van der Waals surface area contributed by atoms with Crippen molar-refractivity contribution in [3.63, 3.8) is 0 Å². The number of rotatable bonds is 6. The van der Waals surface area contributed by atoms with Crippen molar-refractivity contribution in [3.8, 4) is 11.5 Å². The molecule has 2 aromatic heterocycles. The molecular formula is C25H22ClF6N7O. The third-order valence-corrected chi connectivity index (χ3v) is 6.80. The molecule has 0 aliphatic carbocycles. The summed E-state index contributed by atoms with van der Waals surface area (Å²) in [5.41, 5.74) is -1.97. The molecule has 40 heavy (non-hydrogen) atoms. The first-order chi connectivity index (χ1) is 18.9. The van der Waals surface area contributed by atoms with Crippen LogP contribution >= 0.6 is 11.6 Å². The monoisotopic (exact) mass is 585 g/mol. The number of hydrogen-bond donors (Lipinski definition) is 0. The highest BCUT2D eigenvalue weighted by Gasteiger charge is 2.37. The summed E-state index contributed by atoms with van der Waals surface area (Å²) in [6, 6.07) is 8.69. The topological polar surface area (TPSA) is 73.9 Å². The molecule has 1 fully saturated rings. The average Bonchev–Trinajstić information content (AvgIpc) is 3.47. The maximum atomic E-state index is 13.5. The van der Waals surface area contributed by atoms with Crippen LogP contribution < -0.4 is 4.90 Å². The first kappa shape index (κ1) is 27.9. The van der Waals surface area contributed by atoms with E-state index in [0.717, 1.165) is 5.56 Å². The number of morpholine rings is 1. The fourth-order valence-corrected chi connectivity index (χ4v) is 4.67. The second-order valence-corrected chi connectivity index (χ2v) is 9.59. The third kappa shape index (κ3) is 5.77. The molecule has 0 spiro atoms. The summed E-state index contributed by atoms with van der Waals surface area (Å²) >= 11 is 6.36. The van der Waals surface area contributed by atoms with Crippen LogP contribution in [0.1, 0.15) is 28.1 Å². The molecule has 3 heterocycles. The number of nitrogens with zero attached hydrogens (tertiary/aromatic N) is 7. The second-order valence-electron chi connectivity index (χ2n) is 9.18. The number of anilines is 1. The zero-order chi connectivity index (χ0) is 28.7. The van der Waals surface area contributed by atoms with E-state index in [1.165, 1.54) is 4.68 Å². The standard InChI is InChI=1S/C25H22ClF6N7O/c1-15-33-35-22(38(15)14-17-4-2-3-5-20(17)26)21-23(37-6-8-40-9-7-37)39(36-34-21)13-16-10-18(24(27,28)29)12-19(11-16)25(30,31)32/h2-5,10-12H,6-9,13-14H2,1H3. The highest BCUT2D eigenvalue weighted by atomic mass is 35.5. The molecule has 212 valence electrons. The maximum absolute atomic E-state index is 13.5. The van der Waals surface area contributed by atoms with E-state index in [-0.39, 0.29) is 17.3 Å². The Hall–Kier alpha value is -3.65. The van der Waals surface area contributed by atoms with Gasteiger partial charge in [0.15, 0.2) is 17.3 Å². The predicted molar refractivity (Wildman–Crippen MR) is 133 cm³/mol. The Balaban J connectivity index is 1.60. The molecule has 4 aromatic rings. The van der Waals surface area contributed by atoms with E-state index in [1.807, 2.05) is 17.0 Å². The normalized spacial score (nSPS) is 14.7. The van der Waals surface area contributed by atoms with Gasteiger partial charge in [0.1, 0.15) is 5.82 Å². The Bertz CT molecular complexity index is 1480. The van der Waals surface area contributed by atoms with Gasteiger partial charge in [0.2, 0.25) is 0 Å². The summed E-state index contributed by atoms with van der Waals surface area (Å²) in [7, 11) is 0. The average molecular weight is 586 g/mol. The molecule has 1 aliphatic rings. The zero-order valence-electron chi connectivity index (χ0n) is 21.0. The summed E-state index contributed by atoms with van der Waals surface area (Å²) in [6.45, 7) is 3.15. The lowest BCUT2D eigenvalue weighted by Crippen LogP contribution is -2.38. The first-order valence-corrected chi connectivity index (χ1v) is 12.5. The molecule has 0 amide bonds. The summed E-state index contributed by atoms with van der Waals surface area (Å²) in [5, 5.41) is 17.4. The Morgan fingerprint density at radius 3 is 2.15 bits per heavy atom. The number of hydrogen-bond acceptors (Lipinski definition) is 6. The van der Waals surface area contributed by atoms with Gasteiger partial charge in [-0.3, -0.25) is 0 Å². The van der Waals surface area contributed by atoms with Gasteiger partial charge in [-0.05, 0) is 42.3 Å². The summed E-state index contributed by atoms with van der Waals surface area (Å²) in [6.07, 6.45) is -9.94. The molecule has 5 rings (SSSR count). The van der Waals surface area contributed by atoms with Crippen molar-refractivity contribution < 1.29 is 31.1 Å². The molecule has 15 heteroatoms. The van der Waals surface area contributed by atoms with Gasteiger partial charge in [0.05, 0.1) is 37.4 Å². The minimum Gasteiger partial charge on any atom is -0.378 e. The molecule has 0 bridgehead atoms. The van der Waals surface area contributed by atoms with E-state index in [0.29, 0.717) is 67.5 Å². The molecule has 0 atom stereocenters. The van der Waals surface area contributed by atoms with Gasteiger partial charge in [0, 0.05) is 18.1 Å². The number of ether oxygens (including phenoxy) is 1. The Morgan fingerprint density at radius 2 is 1.52 bits per heavy atom. The van der Waals surface area contributed by atoms with Crippen molar-refractivity contribution in [1.29, 1.82) is 0 Å². The van der Waals surface area contributed by atoms with E-state index in [1.54, 1.807) is 23.6 Å². The molecule has 1 saturated heterocycles. The van der Waals surface area contributed by atoms with E-state index in [9.17, 15) is 26.3 Å². The second kappa shape index (κ2) is 10.7. The smallest absolute Gasteiger partial charge is 0.378 e. The predicted octanol–water partition coefficient (Wildman–Crippen LogP) is 5.47. The van der Waals surface area contributed by atoms with Crippen LogP contribution in [0.15, 0.2) is 42.5 Å². The van der Waals surface area contributed by atoms with Gasteiger partial charge in [-0.25, -0.2) is 4.68 Å². The van der Waals surface area contributed by atoms with Crippen LogP contribution in [0.3, 0.4) is 0 Å². The van der Waals surface area contributed by atoms with Crippen molar-refractivity contribution >= 4 is 17.4 Å². The lowest BCUT2D eigenvalue weighted by Gasteiger charge is -2.29. The van der Waals surface area contributed by atoms with Crippen LogP contribution in [0.5, 0.6) is 0 Å². The first-order valence-electron chi connectivity index (χ1n) is 12.1. The summed E-state index contributed by atoms with van der Waals surface area (Å²) in [4.78, 5) is 1.86. The molecule has 1 aliphatic heterocycles. The van der Waals surface area contributed by atoms with Gasteiger partial charge < -0.3 is 14.2 Å². The number of aryl methyl sites for hydroxylation is 1. The summed E-state index contributed by atoms with van der Waals surface area (Å²) in [5.74, 6) is 1.25. The molecule has 8 nitrogen and oxygen atoms in total. The molecular weight excluding hydrogens is 564 g/mol. The summed E-state index contributed by atoms with van der Waals surface area (Å²) < 4.78 is 89.3. The van der Waals surface area contributed by atoms with Crippen LogP contribution in [-0.2, 0) is 30.2 Å². The zero-order valence-corrected chi connectivity index (χ0v) is 21.7. The van der Waals surface area contributed by atoms with E-state index < -0.39 is 30.0 Å². The highest BCUT2D eigenvalue weighted by molar-refractivity contribution is 6.31. The van der Waals surface area contributed by atoms with Crippen LogP contribution in [-0.4, -0.2) is 56.1 Å². The maximum Gasteiger partial charge on any atom is 0.416 e. The lowest BCUT2D eigenvalue weighted by atomic mass is 10.0. The Morgan fingerprint density at radius 1 is 0.875 bits per heavy atom. The quantitative estimate of drug-likeness (QED) is 0.280. The number of aromatic nitrogens is 6. The van der Waals surface area contributed by atoms with Crippen molar-refractivity contribution in [2.24, 2.45) is 0 Å². The number of alkyl halides is 6. The van der Waals surface area contributed by atoms with Crippen molar-refractivity contribution in [1.82, 2.24) is 29.8 Å². The molecule has 0 unspecified atom stereocenters. The van der Waals surface area contributed by atoms with Gasteiger partial charge >= 0.3 is 12.4 Å². The Kier molecular flexibility index (Phi) is 7.48. The SMILES string of the molecule is Cc1nnc(-c2nnn(Cc3cc(C(F)(F)F)cc(C(F)(F)F)c3)c2N2CCOCC2)n1Cc1ccccc1Cl. The Labute approximate surface area is 229 Å². The fraction of sp³-hybridized carbons (Fsp3) is 0.360. The largest absolute Gasteiger partial charge is 0.416 e. The van der Waals surface area contributed by atoms with Gasteiger partial charge in [-0.2, -0.15) is 26.3 Å². The van der Waals surface area contributed by atoms with Crippen LogP contribution in [0.25, 0.3) is 11.5 Å². The minimum absolute atomic E-state index is 0.0963. The van der Waals surface area contributed by atoms with Gasteiger partial charge in [-0.15, -0.1) is 15.3 Å². The van der Waals surface area contributed by atoms with Crippen LogP contribution in [0, 0.1) is 6.92 Å². The molecule has 0 saturated carbocycles. The van der Waals surface area contributed by atoms with Crippen molar-refractivity contribution in [2.75, 3.05) is 31.2 Å². The van der Waals surface area contributed by atoms with E-state index in [4.69, 9.17) is 16.3 Å². The van der Waals surface area contributed by atoms with Crippen molar-refractivity contribution in [3.05, 3.63) is 75.6 Å². The molecule has 0 radical (unpaired) electrons.